The molecule has 1 aliphatic carbocycles. The smallest absolute Gasteiger partial charge is 0.296 e. The zero-order valence-corrected chi connectivity index (χ0v) is 11.5. The standard InChI is InChI=1S/C10H14ClN3O3S/c1-6-2-5-8(17-6)9-12-13-10(18(11,15)16)14(9)7-3-4-7/h6-8H,2-5H2,1H3. The summed E-state index contributed by atoms with van der Waals surface area (Å²) in [4.78, 5) is 0. The van der Waals surface area contributed by atoms with Crippen LogP contribution in [0.25, 0.3) is 0 Å². The van der Waals surface area contributed by atoms with Crippen molar-refractivity contribution in [3.63, 3.8) is 0 Å². The molecule has 8 heteroatoms. The lowest BCUT2D eigenvalue weighted by atomic mass is 10.2. The van der Waals surface area contributed by atoms with Gasteiger partial charge in [0.2, 0.25) is 0 Å². The van der Waals surface area contributed by atoms with E-state index in [1.807, 2.05) is 6.92 Å². The monoisotopic (exact) mass is 291 g/mol. The molecule has 18 heavy (non-hydrogen) atoms. The maximum atomic E-state index is 11.5. The Balaban J connectivity index is 2.02. The molecule has 0 N–H and O–H groups in total. The van der Waals surface area contributed by atoms with Crippen LogP contribution in [0.1, 0.15) is 50.6 Å². The molecule has 6 nitrogen and oxygen atoms in total. The van der Waals surface area contributed by atoms with Crippen molar-refractivity contribution >= 4 is 19.7 Å². The summed E-state index contributed by atoms with van der Waals surface area (Å²) in [5.74, 6) is 0.598. The fourth-order valence-electron chi connectivity index (χ4n) is 2.34. The first-order valence-electron chi connectivity index (χ1n) is 6.01. The van der Waals surface area contributed by atoms with Gasteiger partial charge in [0, 0.05) is 16.7 Å². The van der Waals surface area contributed by atoms with Crippen molar-refractivity contribution in [2.45, 2.75) is 56.0 Å². The third-order valence-corrected chi connectivity index (χ3v) is 4.47. The van der Waals surface area contributed by atoms with Gasteiger partial charge in [0.05, 0.1) is 6.10 Å². The molecule has 0 spiro atoms. The molecule has 2 heterocycles. The van der Waals surface area contributed by atoms with Gasteiger partial charge in [-0.2, -0.15) is 0 Å². The Labute approximate surface area is 110 Å². The van der Waals surface area contributed by atoms with E-state index in [1.54, 1.807) is 4.57 Å². The molecule has 0 radical (unpaired) electrons. The summed E-state index contributed by atoms with van der Waals surface area (Å²) in [6, 6.07) is 0.151. The van der Waals surface area contributed by atoms with Crippen molar-refractivity contribution in [1.82, 2.24) is 14.8 Å². The molecule has 0 aromatic carbocycles. The van der Waals surface area contributed by atoms with Gasteiger partial charge >= 0.3 is 0 Å². The number of nitrogens with zero attached hydrogens (tertiary/aromatic N) is 3. The highest BCUT2D eigenvalue weighted by atomic mass is 35.7. The van der Waals surface area contributed by atoms with Crippen molar-refractivity contribution in [1.29, 1.82) is 0 Å². The van der Waals surface area contributed by atoms with E-state index in [1.165, 1.54) is 0 Å². The zero-order chi connectivity index (χ0) is 12.9. The summed E-state index contributed by atoms with van der Waals surface area (Å²) >= 11 is 0. The zero-order valence-electron chi connectivity index (χ0n) is 9.91. The second-order valence-corrected chi connectivity index (χ2v) is 7.35. The van der Waals surface area contributed by atoms with Crippen molar-refractivity contribution < 1.29 is 13.2 Å². The molecule has 1 aromatic rings. The van der Waals surface area contributed by atoms with Gasteiger partial charge < -0.3 is 4.74 Å². The molecule has 0 amide bonds. The van der Waals surface area contributed by atoms with E-state index < -0.39 is 9.05 Å². The Kier molecular flexibility index (Phi) is 2.87. The number of rotatable bonds is 3. The molecule has 1 aromatic heterocycles. The predicted molar refractivity (Wildman–Crippen MR) is 63.9 cm³/mol. The number of halogens is 1. The summed E-state index contributed by atoms with van der Waals surface area (Å²) in [5.41, 5.74) is 0. The van der Waals surface area contributed by atoms with E-state index in [4.69, 9.17) is 15.4 Å². The first kappa shape index (κ1) is 12.4. The first-order valence-corrected chi connectivity index (χ1v) is 8.32. The van der Waals surface area contributed by atoms with E-state index >= 15 is 0 Å². The van der Waals surface area contributed by atoms with Gasteiger partial charge in [0.25, 0.3) is 14.2 Å². The largest absolute Gasteiger partial charge is 0.367 e. The molecule has 1 saturated heterocycles. The van der Waals surface area contributed by atoms with E-state index in [-0.39, 0.29) is 23.4 Å². The minimum absolute atomic E-state index is 0.148. The molecular weight excluding hydrogens is 278 g/mol. The van der Waals surface area contributed by atoms with Crippen LogP contribution in [-0.2, 0) is 13.8 Å². The summed E-state index contributed by atoms with van der Waals surface area (Å²) in [5, 5.41) is 7.57. The second-order valence-electron chi connectivity index (χ2n) is 4.89. The van der Waals surface area contributed by atoms with Crippen LogP contribution in [0.3, 0.4) is 0 Å². The Morgan fingerprint density at radius 3 is 2.50 bits per heavy atom. The predicted octanol–water partition coefficient (Wildman–Crippen LogP) is 1.78. The highest BCUT2D eigenvalue weighted by Gasteiger charge is 2.37. The molecule has 1 saturated carbocycles. The van der Waals surface area contributed by atoms with Crippen molar-refractivity contribution in [3.05, 3.63) is 5.82 Å². The number of hydrogen-bond donors (Lipinski definition) is 0. The number of hydrogen-bond acceptors (Lipinski definition) is 5. The molecule has 2 aliphatic rings. The lowest BCUT2D eigenvalue weighted by Crippen LogP contribution is -2.12. The SMILES string of the molecule is CC1CCC(c2nnc(S(=O)(=O)Cl)n2C2CC2)O1. The Hall–Kier alpha value is -0.660. The van der Waals surface area contributed by atoms with Gasteiger partial charge in [0.1, 0.15) is 6.10 Å². The maximum absolute atomic E-state index is 11.5. The summed E-state index contributed by atoms with van der Waals surface area (Å²) in [7, 11) is 1.54. The molecule has 0 bridgehead atoms. The van der Waals surface area contributed by atoms with Crippen LogP contribution >= 0.6 is 10.7 Å². The highest BCUT2D eigenvalue weighted by Crippen LogP contribution is 2.41. The van der Waals surface area contributed by atoms with Crippen LogP contribution in [0.5, 0.6) is 0 Å². The maximum Gasteiger partial charge on any atom is 0.296 e. The lowest BCUT2D eigenvalue weighted by molar-refractivity contribution is 0.0475. The topological polar surface area (TPSA) is 74.1 Å². The van der Waals surface area contributed by atoms with Gasteiger partial charge in [0.15, 0.2) is 5.82 Å². The van der Waals surface area contributed by atoms with E-state index in [0.717, 1.165) is 25.7 Å². The van der Waals surface area contributed by atoms with Gasteiger partial charge in [-0.1, -0.05) is 0 Å². The van der Waals surface area contributed by atoms with Gasteiger partial charge in [-0.25, -0.2) is 8.42 Å². The Morgan fingerprint density at radius 1 is 1.28 bits per heavy atom. The van der Waals surface area contributed by atoms with Crippen LogP contribution in [0, 0.1) is 0 Å². The third-order valence-electron chi connectivity index (χ3n) is 3.34. The molecule has 1 aliphatic heterocycles. The Bertz CT molecular complexity index is 567. The Morgan fingerprint density at radius 2 is 2.00 bits per heavy atom. The highest BCUT2D eigenvalue weighted by molar-refractivity contribution is 8.13. The second kappa shape index (κ2) is 4.18. The molecule has 3 rings (SSSR count). The minimum atomic E-state index is -3.85. The van der Waals surface area contributed by atoms with Crippen molar-refractivity contribution in [2.75, 3.05) is 0 Å². The molecule has 2 atom stereocenters. The summed E-state index contributed by atoms with van der Waals surface area (Å²) in [6.07, 6.45) is 3.68. The van der Waals surface area contributed by atoms with Gasteiger partial charge in [-0.05, 0) is 32.6 Å². The normalized spacial score (nSPS) is 28.8. The lowest BCUT2D eigenvalue weighted by Gasteiger charge is -2.12. The van der Waals surface area contributed by atoms with Crippen LogP contribution in [0.4, 0.5) is 0 Å². The van der Waals surface area contributed by atoms with Crippen molar-refractivity contribution in [3.8, 4) is 0 Å². The van der Waals surface area contributed by atoms with Crippen molar-refractivity contribution in [2.24, 2.45) is 0 Å². The van der Waals surface area contributed by atoms with E-state index in [2.05, 4.69) is 10.2 Å². The van der Waals surface area contributed by atoms with Crippen LogP contribution in [0.15, 0.2) is 5.16 Å². The fraction of sp³-hybridized carbons (Fsp3) is 0.800. The molecule has 2 fully saturated rings. The molecular formula is C10H14ClN3O3S. The van der Waals surface area contributed by atoms with Crippen LogP contribution in [0.2, 0.25) is 0 Å². The summed E-state index contributed by atoms with van der Waals surface area (Å²) < 4.78 is 30.3. The summed E-state index contributed by atoms with van der Waals surface area (Å²) in [6.45, 7) is 2.00. The van der Waals surface area contributed by atoms with Gasteiger partial charge in [-0.15, -0.1) is 10.2 Å². The van der Waals surface area contributed by atoms with E-state index in [9.17, 15) is 8.42 Å². The molecule has 2 unspecified atom stereocenters. The average molecular weight is 292 g/mol. The van der Waals surface area contributed by atoms with E-state index in [0.29, 0.717) is 5.82 Å². The number of ether oxygens (including phenoxy) is 1. The van der Waals surface area contributed by atoms with Crippen LogP contribution in [-0.4, -0.2) is 29.3 Å². The average Bonchev–Trinajstić information content (AvgIpc) is 2.85. The fourth-order valence-corrected chi connectivity index (χ4v) is 3.27. The quantitative estimate of drug-likeness (QED) is 0.794. The van der Waals surface area contributed by atoms with Gasteiger partial charge in [-0.3, -0.25) is 4.57 Å². The number of aromatic nitrogens is 3. The molecule has 100 valence electrons. The first-order chi connectivity index (χ1) is 8.47. The van der Waals surface area contributed by atoms with Crippen LogP contribution < -0.4 is 0 Å². The third kappa shape index (κ3) is 2.15. The minimum Gasteiger partial charge on any atom is -0.367 e.